The first-order valence-corrected chi connectivity index (χ1v) is 12.4. The number of rotatable bonds is 6. The summed E-state index contributed by atoms with van der Waals surface area (Å²) in [5.74, 6) is 2.55. The molecule has 0 bridgehead atoms. The number of benzene rings is 2. The van der Waals surface area contributed by atoms with Crippen LogP contribution in [0.15, 0.2) is 66.4 Å². The van der Waals surface area contributed by atoms with Gasteiger partial charge in [0.15, 0.2) is 11.5 Å². The first-order valence-electron chi connectivity index (χ1n) is 12.4. The molecule has 5 aromatic rings. The Kier molecular flexibility index (Phi) is 5.18. The molecule has 0 amide bonds. The fourth-order valence-corrected chi connectivity index (χ4v) is 5.01. The minimum Gasteiger partial charge on any atom is -0.478 e. The van der Waals surface area contributed by atoms with E-state index in [-0.39, 0.29) is 11.6 Å². The lowest BCUT2D eigenvalue weighted by Gasteiger charge is -2.37. The lowest BCUT2D eigenvalue weighted by atomic mass is 9.76. The second-order valence-electron chi connectivity index (χ2n) is 9.86. The first kappa shape index (κ1) is 22.5. The molecule has 3 aromatic heterocycles. The van der Waals surface area contributed by atoms with Crippen LogP contribution >= 0.6 is 0 Å². The van der Waals surface area contributed by atoms with Crippen molar-refractivity contribution in [2.45, 2.75) is 37.8 Å². The van der Waals surface area contributed by atoms with Gasteiger partial charge in [-0.3, -0.25) is 4.40 Å². The highest BCUT2D eigenvalue weighted by Crippen LogP contribution is 2.40. The highest BCUT2D eigenvalue weighted by molar-refractivity contribution is 5.92. The van der Waals surface area contributed by atoms with Gasteiger partial charge in [0.25, 0.3) is 0 Å². The molecule has 11 nitrogen and oxygen atoms in total. The van der Waals surface area contributed by atoms with Crippen molar-refractivity contribution in [2.75, 3.05) is 11.9 Å². The SMILES string of the molecule is Cc1cc(Nc2ncnc3ccc(CC4=NC5(CO4)CC(O)C5)cc23)ccc1Oc1cc2nncn2cn1. The van der Waals surface area contributed by atoms with E-state index >= 15 is 0 Å². The van der Waals surface area contributed by atoms with Gasteiger partial charge in [-0.15, -0.1) is 10.2 Å². The van der Waals surface area contributed by atoms with E-state index in [1.165, 1.54) is 0 Å². The molecule has 2 aliphatic rings. The molecular formula is C27H24N8O3. The molecule has 38 heavy (non-hydrogen) atoms. The standard InChI is InChI=1S/C27H24N8O3/c1-16-6-18(3-5-22(16)38-24-9-23-34-31-15-35(23)14-30-24)32-26-20-7-17(2-4-21(20)28-13-29-26)8-25-33-27(12-37-25)10-19(36)11-27/h2-7,9,13-15,19,36H,8,10-12H2,1H3,(H,28,29,32). The van der Waals surface area contributed by atoms with Gasteiger partial charge in [0.05, 0.1) is 11.6 Å². The minimum absolute atomic E-state index is 0.228. The van der Waals surface area contributed by atoms with Crippen molar-refractivity contribution in [3.8, 4) is 11.6 Å². The molecule has 0 atom stereocenters. The van der Waals surface area contributed by atoms with Crippen molar-refractivity contribution in [1.82, 2.24) is 29.5 Å². The Hall–Kier alpha value is -4.64. The van der Waals surface area contributed by atoms with Gasteiger partial charge < -0.3 is 19.9 Å². The summed E-state index contributed by atoms with van der Waals surface area (Å²) in [6.45, 7) is 2.52. The maximum atomic E-state index is 9.68. The normalized spacial score (nSPS) is 20.4. The molecule has 0 saturated heterocycles. The summed E-state index contributed by atoms with van der Waals surface area (Å²) in [4.78, 5) is 18.0. The number of anilines is 2. The number of hydrogen-bond acceptors (Lipinski definition) is 10. The summed E-state index contributed by atoms with van der Waals surface area (Å²) in [5, 5.41) is 21.9. The molecule has 1 fully saturated rings. The second-order valence-corrected chi connectivity index (χ2v) is 9.86. The van der Waals surface area contributed by atoms with Crippen LogP contribution in [-0.4, -0.2) is 58.8 Å². The number of aliphatic hydroxyl groups is 1. The Bertz CT molecular complexity index is 1710. The molecule has 0 unspecified atom stereocenters. The monoisotopic (exact) mass is 508 g/mol. The molecule has 2 aromatic carbocycles. The summed E-state index contributed by atoms with van der Waals surface area (Å²) in [5.41, 5.74) is 4.13. The predicted molar refractivity (Wildman–Crippen MR) is 140 cm³/mol. The van der Waals surface area contributed by atoms with E-state index in [0.717, 1.165) is 27.7 Å². The van der Waals surface area contributed by atoms with E-state index in [9.17, 15) is 5.11 Å². The average Bonchev–Trinajstić information content (AvgIpc) is 3.53. The van der Waals surface area contributed by atoms with Crippen LogP contribution in [0.3, 0.4) is 0 Å². The summed E-state index contributed by atoms with van der Waals surface area (Å²) in [6.07, 6.45) is 6.42. The van der Waals surface area contributed by atoms with E-state index in [1.807, 2.05) is 37.3 Å². The second kappa shape index (κ2) is 8.73. The Morgan fingerprint density at radius 3 is 2.89 bits per heavy atom. The van der Waals surface area contributed by atoms with Crippen LogP contribution in [0.5, 0.6) is 11.6 Å². The third-order valence-electron chi connectivity index (χ3n) is 6.97. The van der Waals surface area contributed by atoms with Crippen LogP contribution in [0.25, 0.3) is 16.6 Å². The van der Waals surface area contributed by atoms with Crippen molar-refractivity contribution in [2.24, 2.45) is 4.99 Å². The van der Waals surface area contributed by atoms with E-state index in [1.54, 1.807) is 29.4 Å². The zero-order valence-electron chi connectivity index (χ0n) is 20.6. The molecular weight excluding hydrogens is 484 g/mol. The maximum Gasteiger partial charge on any atom is 0.224 e. The van der Waals surface area contributed by atoms with Gasteiger partial charge in [0.1, 0.15) is 42.7 Å². The number of nitrogens with one attached hydrogen (secondary N) is 1. The number of fused-ring (bicyclic) bond motifs is 2. The number of aromatic nitrogens is 6. The van der Waals surface area contributed by atoms with E-state index in [4.69, 9.17) is 14.5 Å². The molecule has 2 N–H and O–H groups in total. The average molecular weight is 509 g/mol. The number of aryl methyl sites for hydroxylation is 1. The quantitative estimate of drug-likeness (QED) is 0.352. The van der Waals surface area contributed by atoms with E-state index in [0.29, 0.717) is 54.9 Å². The molecule has 4 heterocycles. The maximum absolute atomic E-state index is 9.68. The van der Waals surface area contributed by atoms with E-state index in [2.05, 4.69) is 36.5 Å². The van der Waals surface area contributed by atoms with Gasteiger partial charge in [-0.1, -0.05) is 6.07 Å². The summed E-state index contributed by atoms with van der Waals surface area (Å²) in [6, 6.07) is 13.6. The predicted octanol–water partition coefficient (Wildman–Crippen LogP) is 3.78. The minimum atomic E-state index is -0.266. The van der Waals surface area contributed by atoms with Crippen LogP contribution in [0.1, 0.15) is 24.0 Å². The van der Waals surface area contributed by atoms with Gasteiger partial charge in [-0.05, 0) is 48.4 Å². The molecule has 190 valence electrons. The molecule has 7 rings (SSSR count). The summed E-state index contributed by atoms with van der Waals surface area (Å²) < 4.78 is 13.6. The zero-order chi connectivity index (χ0) is 25.7. The third-order valence-corrected chi connectivity index (χ3v) is 6.97. The number of hydrogen-bond donors (Lipinski definition) is 2. The highest BCUT2D eigenvalue weighted by atomic mass is 16.5. The van der Waals surface area contributed by atoms with Gasteiger partial charge in [-0.2, -0.15) is 0 Å². The third kappa shape index (κ3) is 4.16. The summed E-state index contributed by atoms with van der Waals surface area (Å²) >= 11 is 0. The van der Waals surface area contributed by atoms with Crippen LogP contribution in [-0.2, 0) is 11.2 Å². The Morgan fingerprint density at radius 1 is 1.11 bits per heavy atom. The van der Waals surface area contributed by atoms with Crippen molar-refractivity contribution in [3.63, 3.8) is 0 Å². The van der Waals surface area contributed by atoms with Gasteiger partial charge >= 0.3 is 0 Å². The molecule has 0 radical (unpaired) electrons. The van der Waals surface area contributed by atoms with Gasteiger partial charge in [0, 0.05) is 36.4 Å². The highest BCUT2D eigenvalue weighted by Gasteiger charge is 2.47. The van der Waals surface area contributed by atoms with Crippen molar-refractivity contribution >= 4 is 34.0 Å². The lowest BCUT2D eigenvalue weighted by molar-refractivity contribution is 0.0119. The lowest BCUT2D eigenvalue weighted by Crippen LogP contribution is -2.46. The van der Waals surface area contributed by atoms with Crippen molar-refractivity contribution < 1.29 is 14.6 Å². The molecule has 11 heteroatoms. The Morgan fingerprint density at radius 2 is 2.03 bits per heavy atom. The zero-order valence-corrected chi connectivity index (χ0v) is 20.6. The number of aliphatic imine (C=N–C) groups is 1. The van der Waals surface area contributed by atoms with Crippen LogP contribution in [0.2, 0.25) is 0 Å². The van der Waals surface area contributed by atoms with Crippen LogP contribution in [0, 0.1) is 6.92 Å². The fourth-order valence-electron chi connectivity index (χ4n) is 5.01. The largest absolute Gasteiger partial charge is 0.478 e. The molecule has 1 aliphatic heterocycles. The first-order chi connectivity index (χ1) is 18.5. The molecule has 1 aliphatic carbocycles. The number of aliphatic hydroxyl groups excluding tert-OH is 1. The molecule has 1 spiro atoms. The van der Waals surface area contributed by atoms with Crippen molar-refractivity contribution in [3.05, 3.63) is 72.6 Å². The fraction of sp³-hybridized carbons (Fsp3) is 0.259. The number of nitrogens with zero attached hydrogens (tertiary/aromatic N) is 7. The Balaban J connectivity index is 1.11. The summed E-state index contributed by atoms with van der Waals surface area (Å²) in [7, 11) is 0. The van der Waals surface area contributed by atoms with Crippen molar-refractivity contribution in [1.29, 1.82) is 0 Å². The van der Waals surface area contributed by atoms with E-state index < -0.39 is 0 Å². The van der Waals surface area contributed by atoms with Crippen LogP contribution in [0.4, 0.5) is 11.5 Å². The van der Waals surface area contributed by atoms with Gasteiger partial charge in [-0.25, -0.2) is 19.9 Å². The molecule has 1 saturated carbocycles. The Labute approximate surface area is 217 Å². The topological polar surface area (TPSA) is 132 Å². The number of ether oxygens (including phenoxy) is 2. The smallest absolute Gasteiger partial charge is 0.224 e. The van der Waals surface area contributed by atoms with Crippen LogP contribution < -0.4 is 10.1 Å². The van der Waals surface area contributed by atoms with Gasteiger partial charge in [0.2, 0.25) is 5.88 Å².